The SMILES string of the molecule is CCNC(=NCc1nc(-c2ccco2)n[nH]1)NCC1(C(=O)N(C)C)CCCC1.I. The van der Waals surface area contributed by atoms with Crippen molar-refractivity contribution in [2.24, 2.45) is 10.4 Å². The van der Waals surface area contributed by atoms with Crippen molar-refractivity contribution in [3.05, 3.63) is 24.2 Å². The molecule has 0 radical (unpaired) electrons. The van der Waals surface area contributed by atoms with Crippen LogP contribution in [-0.2, 0) is 11.3 Å². The summed E-state index contributed by atoms with van der Waals surface area (Å²) in [7, 11) is 3.64. The zero-order valence-electron chi connectivity index (χ0n) is 17.2. The van der Waals surface area contributed by atoms with Gasteiger partial charge < -0.3 is 20.0 Å². The van der Waals surface area contributed by atoms with Crippen molar-refractivity contribution in [1.82, 2.24) is 30.7 Å². The second-order valence-electron chi connectivity index (χ2n) is 7.32. The zero-order chi connectivity index (χ0) is 20.0. The fraction of sp³-hybridized carbons (Fsp3) is 0.579. The van der Waals surface area contributed by atoms with Crippen LogP contribution in [0.25, 0.3) is 11.6 Å². The average molecular weight is 515 g/mol. The molecule has 2 aromatic heterocycles. The Morgan fingerprint density at radius 2 is 2.10 bits per heavy atom. The van der Waals surface area contributed by atoms with Crippen LogP contribution >= 0.6 is 24.0 Å². The highest BCUT2D eigenvalue weighted by molar-refractivity contribution is 14.0. The van der Waals surface area contributed by atoms with Crippen molar-refractivity contribution in [1.29, 1.82) is 0 Å². The molecule has 1 aliphatic carbocycles. The minimum atomic E-state index is -0.349. The van der Waals surface area contributed by atoms with Gasteiger partial charge >= 0.3 is 0 Å². The lowest BCUT2D eigenvalue weighted by Gasteiger charge is -2.31. The third-order valence-corrected chi connectivity index (χ3v) is 5.02. The van der Waals surface area contributed by atoms with Gasteiger partial charge in [0.1, 0.15) is 12.4 Å². The van der Waals surface area contributed by atoms with Crippen LogP contribution in [0.5, 0.6) is 0 Å². The summed E-state index contributed by atoms with van der Waals surface area (Å²) in [5.74, 6) is 2.61. The summed E-state index contributed by atoms with van der Waals surface area (Å²) in [5, 5.41) is 13.6. The summed E-state index contributed by atoms with van der Waals surface area (Å²) in [6.07, 6.45) is 5.58. The second-order valence-corrected chi connectivity index (χ2v) is 7.32. The van der Waals surface area contributed by atoms with Gasteiger partial charge in [-0.05, 0) is 31.9 Å². The molecule has 10 heteroatoms. The molecule has 3 rings (SSSR count). The molecule has 0 aliphatic heterocycles. The molecular formula is C19H30IN7O2. The Morgan fingerprint density at radius 1 is 1.34 bits per heavy atom. The van der Waals surface area contributed by atoms with Crippen molar-refractivity contribution >= 4 is 35.8 Å². The van der Waals surface area contributed by atoms with Crippen molar-refractivity contribution in [2.75, 3.05) is 27.2 Å². The highest BCUT2D eigenvalue weighted by Crippen LogP contribution is 2.38. The number of carbonyl (C=O) groups is 1. The molecule has 0 aromatic carbocycles. The molecule has 2 aromatic rings. The summed E-state index contributed by atoms with van der Waals surface area (Å²) in [6.45, 7) is 3.66. The van der Waals surface area contributed by atoms with Gasteiger partial charge in [0.15, 0.2) is 11.7 Å². The van der Waals surface area contributed by atoms with Crippen LogP contribution in [-0.4, -0.2) is 59.1 Å². The Hall–Kier alpha value is -2.11. The number of aliphatic imine (C=N–C) groups is 1. The normalized spacial score (nSPS) is 15.6. The molecule has 1 saturated carbocycles. The number of halogens is 1. The maximum Gasteiger partial charge on any atom is 0.230 e. The van der Waals surface area contributed by atoms with E-state index in [4.69, 9.17) is 4.42 Å². The van der Waals surface area contributed by atoms with Gasteiger partial charge in [-0.15, -0.1) is 29.1 Å². The molecule has 1 aliphatic rings. The maximum atomic E-state index is 12.7. The first-order valence-corrected chi connectivity index (χ1v) is 9.73. The number of aromatic nitrogens is 3. The van der Waals surface area contributed by atoms with E-state index in [0.717, 1.165) is 32.2 Å². The lowest BCUT2D eigenvalue weighted by molar-refractivity contribution is -0.138. The van der Waals surface area contributed by atoms with E-state index in [1.165, 1.54) is 0 Å². The number of hydrogen-bond acceptors (Lipinski definition) is 5. The van der Waals surface area contributed by atoms with Gasteiger partial charge in [-0.2, -0.15) is 0 Å². The number of hydrogen-bond donors (Lipinski definition) is 3. The lowest BCUT2D eigenvalue weighted by Crippen LogP contribution is -2.49. The second kappa shape index (κ2) is 10.6. The Bertz CT molecular complexity index is 795. The van der Waals surface area contributed by atoms with E-state index >= 15 is 0 Å². The van der Waals surface area contributed by atoms with Crippen molar-refractivity contribution < 1.29 is 9.21 Å². The van der Waals surface area contributed by atoms with Gasteiger partial charge in [-0.1, -0.05) is 12.8 Å². The van der Waals surface area contributed by atoms with E-state index in [2.05, 4.69) is 30.8 Å². The number of carbonyl (C=O) groups excluding carboxylic acids is 1. The largest absolute Gasteiger partial charge is 0.461 e. The van der Waals surface area contributed by atoms with Crippen molar-refractivity contribution in [3.8, 4) is 11.6 Å². The monoisotopic (exact) mass is 515 g/mol. The molecule has 29 heavy (non-hydrogen) atoms. The predicted molar refractivity (Wildman–Crippen MR) is 122 cm³/mol. The Morgan fingerprint density at radius 3 is 2.72 bits per heavy atom. The summed E-state index contributed by atoms with van der Waals surface area (Å²) in [6, 6.07) is 3.61. The molecule has 0 atom stereocenters. The van der Waals surface area contributed by atoms with E-state index in [0.29, 0.717) is 36.5 Å². The first-order valence-electron chi connectivity index (χ1n) is 9.73. The molecule has 0 saturated heterocycles. The molecular weight excluding hydrogens is 485 g/mol. The van der Waals surface area contributed by atoms with E-state index < -0.39 is 0 Å². The van der Waals surface area contributed by atoms with Crippen LogP contribution in [0, 0.1) is 5.41 Å². The van der Waals surface area contributed by atoms with E-state index in [9.17, 15) is 4.79 Å². The molecule has 2 heterocycles. The first kappa shape index (κ1) is 23.2. The molecule has 0 bridgehead atoms. The topological polar surface area (TPSA) is 111 Å². The Labute approximate surface area is 188 Å². The number of furan rings is 1. The van der Waals surface area contributed by atoms with Gasteiger partial charge in [0, 0.05) is 27.2 Å². The van der Waals surface area contributed by atoms with Gasteiger partial charge in [-0.25, -0.2) is 9.98 Å². The zero-order valence-corrected chi connectivity index (χ0v) is 19.5. The van der Waals surface area contributed by atoms with E-state index in [1.54, 1.807) is 17.2 Å². The van der Waals surface area contributed by atoms with Crippen LogP contribution in [0.15, 0.2) is 27.8 Å². The smallest absolute Gasteiger partial charge is 0.230 e. The van der Waals surface area contributed by atoms with E-state index in [1.807, 2.05) is 27.1 Å². The van der Waals surface area contributed by atoms with E-state index in [-0.39, 0.29) is 35.3 Å². The number of nitrogens with zero attached hydrogens (tertiary/aromatic N) is 4. The number of rotatable bonds is 7. The molecule has 0 unspecified atom stereocenters. The van der Waals surface area contributed by atoms with Crippen LogP contribution in [0.3, 0.4) is 0 Å². The molecule has 1 amide bonds. The van der Waals surface area contributed by atoms with Gasteiger partial charge in [0.05, 0.1) is 11.7 Å². The molecule has 1 fully saturated rings. The fourth-order valence-corrected chi connectivity index (χ4v) is 3.62. The summed E-state index contributed by atoms with van der Waals surface area (Å²) < 4.78 is 5.30. The minimum absolute atomic E-state index is 0. The number of aromatic amines is 1. The summed E-state index contributed by atoms with van der Waals surface area (Å²) in [5.41, 5.74) is -0.349. The Balaban J connectivity index is 0.00000300. The molecule has 3 N–H and O–H groups in total. The van der Waals surface area contributed by atoms with Gasteiger partial charge in [-0.3, -0.25) is 9.89 Å². The summed E-state index contributed by atoms with van der Waals surface area (Å²) >= 11 is 0. The standard InChI is InChI=1S/C19H29N7O2.HI/c1-4-20-18(22-13-19(9-5-6-10-19)17(27)26(2)3)21-12-15-23-16(25-24-15)14-8-7-11-28-14;/h7-8,11H,4-6,9-10,12-13H2,1-3H3,(H2,20,21,22)(H,23,24,25);1H. The van der Waals surface area contributed by atoms with Crippen LogP contribution in [0.1, 0.15) is 38.4 Å². The molecule has 9 nitrogen and oxygen atoms in total. The average Bonchev–Trinajstić information content (AvgIpc) is 3.45. The minimum Gasteiger partial charge on any atom is -0.461 e. The third-order valence-electron chi connectivity index (χ3n) is 5.02. The molecule has 160 valence electrons. The summed E-state index contributed by atoms with van der Waals surface area (Å²) in [4.78, 5) is 23.4. The number of nitrogens with one attached hydrogen (secondary N) is 3. The van der Waals surface area contributed by atoms with Crippen LogP contribution < -0.4 is 10.6 Å². The number of amides is 1. The quantitative estimate of drug-likeness (QED) is 0.297. The van der Waals surface area contributed by atoms with Gasteiger partial charge in [0.25, 0.3) is 0 Å². The first-order chi connectivity index (χ1) is 13.5. The predicted octanol–water partition coefficient (Wildman–Crippen LogP) is 2.39. The van der Waals surface area contributed by atoms with Gasteiger partial charge in [0.2, 0.25) is 11.7 Å². The molecule has 0 spiro atoms. The highest BCUT2D eigenvalue weighted by Gasteiger charge is 2.42. The van der Waals surface area contributed by atoms with Crippen LogP contribution in [0.4, 0.5) is 0 Å². The number of H-pyrrole nitrogens is 1. The fourth-order valence-electron chi connectivity index (χ4n) is 3.62. The maximum absolute atomic E-state index is 12.7. The third kappa shape index (κ3) is 5.71. The van der Waals surface area contributed by atoms with Crippen LogP contribution in [0.2, 0.25) is 0 Å². The Kier molecular flexibility index (Phi) is 8.47. The van der Waals surface area contributed by atoms with Crippen molar-refractivity contribution in [2.45, 2.75) is 39.2 Å². The van der Waals surface area contributed by atoms with Crippen molar-refractivity contribution in [3.63, 3.8) is 0 Å². The highest BCUT2D eigenvalue weighted by atomic mass is 127. The lowest BCUT2D eigenvalue weighted by atomic mass is 9.84. The number of guanidine groups is 1.